The van der Waals surface area contributed by atoms with Crippen molar-refractivity contribution in [2.45, 2.75) is 26.2 Å². The Morgan fingerprint density at radius 1 is 1.33 bits per heavy atom. The molecule has 0 bridgehead atoms. The maximum atomic E-state index is 2.24. The molecule has 0 atom stereocenters. The van der Waals surface area contributed by atoms with Crippen LogP contribution in [0.2, 0.25) is 0 Å². The summed E-state index contributed by atoms with van der Waals surface area (Å²) in [5.74, 6) is 1.32. The fraction of sp³-hybridized carbons (Fsp3) is 0.750. The van der Waals surface area contributed by atoms with Gasteiger partial charge in [0, 0.05) is 0 Å². The van der Waals surface area contributed by atoms with E-state index in [0.717, 1.165) is 0 Å². The fourth-order valence-electron chi connectivity index (χ4n) is 0.675. The molecule has 0 amide bonds. The molecule has 0 spiro atoms. The van der Waals surface area contributed by atoms with E-state index in [1.807, 2.05) is 11.8 Å². The van der Waals surface area contributed by atoms with E-state index in [9.17, 15) is 0 Å². The number of rotatable bonds is 5. The summed E-state index contributed by atoms with van der Waals surface area (Å²) in [5.41, 5.74) is 0. The second-order valence-corrected chi connectivity index (χ2v) is 3.04. The van der Waals surface area contributed by atoms with Crippen molar-refractivity contribution in [3.05, 3.63) is 12.2 Å². The van der Waals surface area contributed by atoms with E-state index in [1.165, 1.54) is 25.0 Å². The average Bonchev–Trinajstić information content (AvgIpc) is 1.89. The molecule has 0 heterocycles. The summed E-state index contributed by atoms with van der Waals surface area (Å²) in [6.45, 7) is 2.08. The molecule has 0 aromatic heterocycles. The van der Waals surface area contributed by atoms with Gasteiger partial charge in [-0.05, 0) is 38.2 Å². The van der Waals surface area contributed by atoms with Gasteiger partial charge in [-0.1, -0.05) is 12.2 Å². The standard InChI is InChI=1S/C8H16S/c1-3-4-5-6-7-8-9-2/h3-4H,5-8H2,1-2H3. The minimum Gasteiger partial charge on any atom is -0.165 e. The van der Waals surface area contributed by atoms with E-state index in [2.05, 4.69) is 25.3 Å². The zero-order valence-corrected chi connectivity index (χ0v) is 7.21. The molecule has 0 rings (SSSR count). The van der Waals surface area contributed by atoms with E-state index in [0.29, 0.717) is 0 Å². The molecule has 9 heavy (non-hydrogen) atoms. The van der Waals surface area contributed by atoms with Crippen LogP contribution in [0.1, 0.15) is 26.2 Å². The monoisotopic (exact) mass is 144 g/mol. The Morgan fingerprint density at radius 2 is 2.11 bits per heavy atom. The molecular formula is C8H16S. The highest BCUT2D eigenvalue weighted by Gasteiger charge is 1.82. The molecule has 0 radical (unpaired) electrons. The van der Waals surface area contributed by atoms with E-state index in [1.54, 1.807) is 0 Å². The van der Waals surface area contributed by atoms with Crippen molar-refractivity contribution >= 4 is 11.8 Å². The third kappa shape index (κ3) is 8.09. The minimum absolute atomic E-state index is 1.26. The zero-order valence-electron chi connectivity index (χ0n) is 6.39. The molecule has 54 valence electrons. The highest BCUT2D eigenvalue weighted by molar-refractivity contribution is 7.98. The minimum atomic E-state index is 1.26. The smallest absolute Gasteiger partial charge is 0.00702 e. The quantitative estimate of drug-likeness (QED) is 0.422. The van der Waals surface area contributed by atoms with Crippen molar-refractivity contribution in [3.8, 4) is 0 Å². The first kappa shape index (κ1) is 9.09. The first-order chi connectivity index (χ1) is 4.41. The van der Waals surface area contributed by atoms with Gasteiger partial charge in [0.25, 0.3) is 0 Å². The average molecular weight is 144 g/mol. The molecule has 0 nitrogen and oxygen atoms in total. The highest BCUT2D eigenvalue weighted by atomic mass is 32.2. The van der Waals surface area contributed by atoms with Crippen molar-refractivity contribution in [2.75, 3.05) is 12.0 Å². The van der Waals surface area contributed by atoms with Gasteiger partial charge in [0.15, 0.2) is 0 Å². The Kier molecular flexibility index (Phi) is 8.17. The summed E-state index contributed by atoms with van der Waals surface area (Å²) < 4.78 is 0. The van der Waals surface area contributed by atoms with Crippen LogP contribution in [0.15, 0.2) is 12.2 Å². The van der Waals surface area contributed by atoms with Crippen LogP contribution in [-0.2, 0) is 0 Å². The van der Waals surface area contributed by atoms with Crippen molar-refractivity contribution < 1.29 is 0 Å². The van der Waals surface area contributed by atoms with Crippen molar-refractivity contribution in [2.24, 2.45) is 0 Å². The molecule has 0 N–H and O–H groups in total. The molecular weight excluding hydrogens is 128 g/mol. The predicted octanol–water partition coefficient (Wildman–Crippen LogP) is 3.10. The summed E-state index contributed by atoms with van der Waals surface area (Å²) >= 11 is 1.94. The maximum absolute atomic E-state index is 2.24. The van der Waals surface area contributed by atoms with E-state index in [-0.39, 0.29) is 0 Å². The van der Waals surface area contributed by atoms with Crippen LogP contribution < -0.4 is 0 Å². The van der Waals surface area contributed by atoms with Crippen molar-refractivity contribution in [1.29, 1.82) is 0 Å². The van der Waals surface area contributed by atoms with Gasteiger partial charge in [0.1, 0.15) is 0 Å². The Balaban J connectivity index is 2.75. The van der Waals surface area contributed by atoms with Gasteiger partial charge in [-0.2, -0.15) is 11.8 Å². The largest absolute Gasteiger partial charge is 0.165 e. The lowest BCUT2D eigenvalue weighted by Gasteiger charge is -1.92. The molecule has 0 saturated heterocycles. The van der Waals surface area contributed by atoms with Crippen molar-refractivity contribution in [3.63, 3.8) is 0 Å². The first-order valence-electron chi connectivity index (χ1n) is 3.52. The number of hydrogen-bond acceptors (Lipinski definition) is 1. The Labute approximate surface area is 62.7 Å². The van der Waals surface area contributed by atoms with Gasteiger partial charge < -0.3 is 0 Å². The predicted molar refractivity (Wildman–Crippen MR) is 47.0 cm³/mol. The van der Waals surface area contributed by atoms with Gasteiger partial charge in [0.05, 0.1) is 0 Å². The van der Waals surface area contributed by atoms with Gasteiger partial charge in [-0.15, -0.1) is 0 Å². The van der Waals surface area contributed by atoms with E-state index in [4.69, 9.17) is 0 Å². The molecule has 0 aliphatic carbocycles. The molecule has 1 heteroatoms. The Morgan fingerprint density at radius 3 is 2.67 bits per heavy atom. The summed E-state index contributed by atoms with van der Waals surface area (Å²) in [6.07, 6.45) is 10.5. The lowest BCUT2D eigenvalue weighted by Crippen LogP contribution is -1.76. The summed E-state index contributed by atoms with van der Waals surface area (Å²) in [7, 11) is 0. The molecule has 0 aromatic rings. The lowest BCUT2D eigenvalue weighted by molar-refractivity contribution is 0.823. The third-order valence-electron chi connectivity index (χ3n) is 1.20. The molecule has 0 aliphatic heterocycles. The Hall–Kier alpha value is 0.0900. The van der Waals surface area contributed by atoms with Gasteiger partial charge in [-0.25, -0.2) is 0 Å². The van der Waals surface area contributed by atoms with Crippen LogP contribution in [0, 0.1) is 0 Å². The lowest BCUT2D eigenvalue weighted by atomic mass is 10.2. The molecule has 0 saturated carbocycles. The van der Waals surface area contributed by atoms with Crippen LogP contribution in [0.4, 0.5) is 0 Å². The first-order valence-corrected chi connectivity index (χ1v) is 4.91. The van der Waals surface area contributed by atoms with Gasteiger partial charge in [0.2, 0.25) is 0 Å². The Bertz CT molecular complexity index is 67.0. The molecule has 0 aliphatic rings. The SMILES string of the molecule is CC=CCCCCSC. The molecule has 0 fully saturated rings. The van der Waals surface area contributed by atoms with E-state index < -0.39 is 0 Å². The topological polar surface area (TPSA) is 0 Å². The van der Waals surface area contributed by atoms with Crippen LogP contribution in [0.5, 0.6) is 0 Å². The highest BCUT2D eigenvalue weighted by Crippen LogP contribution is 2.02. The summed E-state index contributed by atoms with van der Waals surface area (Å²) in [6, 6.07) is 0. The van der Waals surface area contributed by atoms with Crippen molar-refractivity contribution in [1.82, 2.24) is 0 Å². The van der Waals surface area contributed by atoms with Crippen LogP contribution in [0.3, 0.4) is 0 Å². The summed E-state index contributed by atoms with van der Waals surface area (Å²) in [5, 5.41) is 0. The number of hydrogen-bond donors (Lipinski definition) is 0. The second kappa shape index (κ2) is 8.09. The molecule has 0 unspecified atom stereocenters. The summed E-state index contributed by atoms with van der Waals surface area (Å²) in [4.78, 5) is 0. The van der Waals surface area contributed by atoms with Crippen LogP contribution >= 0.6 is 11.8 Å². The van der Waals surface area contributed by atoms with Crippen LogP contribution in [0.25, 0.3) is 0 Å². The van der Waals surface area contributed by atoms with Crippen LogP contribution in [-0.4, -0.2) is 12.0 Å². The van der Waals surface area contributed by atoms with E-state index >= 15 is 0 Å². The molecule has 0 aromatic carbocycles. The number of unbranched alkanes of at least 4 members (excludes halogenated alkanes) is 2. The van der Waals surface area contributed by atoms with Gasteiger partial charge in [-0.3, -0.25) is 0 Å². The zero-order chi connectivity index (χ0) is 6.95. The third-order valence-corrected chi connectivity index (χ3v) is 1.90. The maximum Gasteiger partial charge on any atom is -0.00702 e. The fourth-order valence-corrected chi connectivity index (χ4v) is 1.17. The number of thioether (sulfide) groups is 1. The van der Waals surface area contributed by atoms with Gasteiger partial charge >= 0.3 is 0 Å². The normalized spacial score (nSPS) is 10.9. The number of allylic oxidation sites excluding steroid dienone is 2. The second-order valence-electron chi connectivity index (χ2n) is 2.06.